The third-order valence-corrected chi connectivity index (χ3v) is 3.59. The van der Waals surface area contributed by atoms with Crippen LogP contribution in [0.15, 0.2) is 29.3 Å². The minimum Gasteiger partial charge on any atom is -0.356 e. The second-order valence-electron chi connectivity index (χ2n) is 4.47. The van der Waals surface area contributed by atoms with Gasteiger partial charge in [0, 0.05) is 26.4 Å². The van der Waals surface area contributed by atoms with Crippen LogP contribution in [0.3, 0.4) is 0 Å². The summed E-state index contributed by atoms with van der Waals surface area (Å²) in [4.78, 5) is 4.01. The van der Waals surface area contributed by atoms with Gasteiger partial charge in [0.05, 0.1) is 5.75 Å². The van der Waals surface area contributed by atoms with Crippen LogP contribution in [0.25, 0.3) is 0 Å². The van der Waals surface area contributed by atoms with Crippen molar-refractivity contribution in [3.63, 3.8) is 0 Å². The summed E-state index contributed by atoms with van der Waals surface area (Å²) in [5.74, 6) is 0.420. The summed E-state index contributed by atoms with van der Waals surface area (Å²) in [6, 6.07) is 6.30. The zero-order valence-corrected chi connectivity index (χ0v) is 15.2. The minimum atomic E-state index is -2.93. The zero-order chi connectivity index (χ0) is 15.0. The normalized spacial score (nSPS) is 11.7. The Bertz CT molecular complexity index is 564. The number of nitrogens with one attached hydrogen (secondary N) is 2. The number of hydrogen-bond donors (Lipinski definition) is 2. The molecule has 21 heavy (non-hydrogen) atoms. The van der Waals surface area contributed by atoms with Gasteiger partial charge < -0.3 is 10.6 Å². The van der Waals surface area contributed by atoms with Gasteiger partial charge in [-0.25, -0.2) is 12.8 Å². The van der Waals surface area contributed by atoms with Crippen molar-refractivity contribution in [1.82, 2.24) is 10.6 Å². The first-order valence-corrected chi connectivity index (χ1v) is 8.33. The molecule has 8 heteroatoms. The number of sulfone groups is 1. The Kier molecular flexibility index (Phi) is 9.51. The van der Waals surface area contributed by atoms with Crippen molar-refractivity contribution < 1.29 is 12.8 Å². The predicted octanol–water partition coefficient (Wildman–Crippen LogP) is 1.54. The lowest BCUT2D eigenvalue weighted by atomic mass is 10.2. The molecule has 0 amide bonds. The summed E-state index contributed by atoms with van der Waals surface area (Å²) in [6.07, 6.45) is 1.73. The Morgan fingerprint density at radius 2 is 2.05 bits per heavy atom. The monoisotopic (exact) mass is 429 g/mol. The molecule has 0 spiro atoms. The summed E-state index contributed by atoms with van der Waals surface area (Å²) < 4.78 is 35.0. The highest BCUT2D eigenvalue weighted by atomic mass is 127. The van der Waals surface area contributed by atoms with Gasteiger partial charge >= 0.3 is 0 Å². The number of nitrogens with zero attached hydrogens (tertiary/aromatic N) is 1. The smallest absolute Gasteiger partial charge is 0.191 e. The average Bonchev–Trinajstić information content (AvgIpc) is 2.37. The molecule has 0 atom stereocenters. The maximum atomic E-state index is 13.0. The van der Waals surface area contributed by atoms with Crippen LogP contribution >= 0.6 is 24.0 Å². The van der Waals surface area contributed by atoms with Crippen LogP contribution in [-0.2, 0) is 16.4 Å². The van der Waals surface area contributed by atoms with Gasteiger partial charge in [-0.1, -0.05) is 12.1 Å². The highest BCUT2D eigenvalue weighted by molar-refractivity contribution is 14.0. The summed E-state index contributed by atoms with van der Waals surface area (Å²) >= 11 is 0. The lowest BCUT2D eigenvalue weighted by Gasteiger charge is -2.11. The Hall–Kier alpha value is -0.900. The Balaban J connectivity index is 0.00000400. The first-order valence-electron chi connectivity index (χ1n) is 6.27. The molecule has 1 aromatic rings. The molecule has 1 aromatic carbocycles. The zero-order valence-electron chi connectivity index (χ0n) is 12.1. The van der Waals surface area contributed by atoms with Crippen molar-refractivity contribution in [2.75, 3.05) is 25.6 Å². The molecular weight excluding hydrogens is 408 g/mol. The van der Waals surface area contributed by atoms with Crippen LogP contribution in [0, 0.1) is 5.82 Å². The molecule has 5 nitrogen and oxygen atoms in total. The summed E-state index contributed by atoms with van der Waals surface area (Å²) in [5, 5.41) is 6.04. The van der Waals surface area contributed by atoms with E-state index in [0.29, 0.717) is 25.5 Å². The van der Waals surface area contributed by atoms with E-state index in [1.54, 1.807) is 13.1 Å². The standard InChI is InChI=1S/C13H20FN3O2S.HI/c1-15-13(16-7-4-8-20(2,18)19)17-10-11-5-3-6-12(14)9-11;/h3,5-6,9H,4,7-8,10H2,1-2H3,(H2,15,16,17);1H. The number of hydrogen-bond acceptors (Lipinski definition) is 3. The summed E-state index contributed by atoms with van der Waals surface area (Å²) in [5.41, 5.74) is 0.809. The third-order valence-electron chi connectivity index (χ3n) is 2.56. The molecular formula is C13H21FIN3O2S. The molecule has 0 aliphatic carbocycles. The van der Waals surface area contributed by atoms with E-state index in [4.69, 9.17) is 0 Å². The highest BCUT2D eigenvalue weighted by Crippen LogP contribution is 2.02. The maximum Gasteiger partial charge on any atom is 0.191 e. The van der Waals surface area contributed by atoms with Crippen LogP contribution in [0.2, 0.25) is 0 Å². The summed E-state index contributed by atoms with van der Waals surface area (Å²) in [7, 11) is -1.31. The molecule has 120 valence electrons. The second-order valence-corrected chi connectivity index (χ2v) is 6.73. The fourth-order valence-electron chi connectivity index (χ4n) is 1.59. The first kappa shape index (κ1) is 20.1. The van der Waals surface area contributed by atoms with Gasteiger partial charge in [0.15, 0.2) is 5.96 Å². The van der Waals surface area contributed by atoms with Crippen molar-refractivity contribution >= 4 is 39.8 Å². The molecule has 0 saturated heterocycles. The van der Waals surface area contributed by atoms with Gasteiger partial charge in [-0.2, -0.15) is 0 Å². The van der Waals surface area contributed by atoms with Gasteiger partial charge in [0.25, 0.3) is 0 Å². The van der Waals surface area contributed by atoms with E-state index < -0.39 is 9.84 Å². The third kappa shape index (κ3) is 9.62. The molecule has 1 rings (SSSR count). The number of rotatable bonds is 6. The van der Waals surface area contributed by atoms with E-state index in [1.165, 1.54) is 18.4 Å². The van der Waals surface area contributed by atoms with Crippen LogP contribution in [0.4, 0.5) is 4.39 Å². The molecule has 0 bridgehead atoms. The molecule has 0 aliphatic rings. The van der Waals surface area contributed by atoms with Gasteiger partial charge in [-0.15, -0.1) is 24.0 Å². The topological polar surface area (TPSA) is 70.6 Å². The second kappa shape index (κ2) is 9.93. The molecule has 0 saturated carbocycles. The van der Waals surface area contributed by atoms with Crippen LogP contribution < -0.4 is 10.6 Å². The maximum absolute atomic E-state index is 13.0. The predicted molar refractivity (Wildman–Crippen MR) is 94.3 cm³/mol. The molecule has 0 aliphatic heterocycles. The quantitative estimate of drug-likeness (QED) is 0.312. The lowest BCUT2D eigenvalue weighted by Crippen LogP contribution is -2.37. The highest BCUT2D eigenvalue weighted by Gasteiger charge is 2.02. The van der Waals surface area contributed by atoms with Crippen molar-refractivity contribution in [3.8, 4) is 0 Å². The SMILES string of the molecule is CN=C(NCCCS(C)(=O)=O)NCc1cccc(F)c1.I. The van der Waals surface area contributed by atoms with Gasteiger partial charge in [-0.3, -0.25) is 4.99 Å². The molecule has 0 radical (unpaired) electrons. The largest absolute Gasteiger partial charge is 0.356 e. The lowest BCUT2D eigenvalue weighted by molar-refractivity contribution is 0.598. The molecule has 0 fully saturated rings. The van der Waals surface area contributed by atoms with Crippen LogP contribution in [0.1, 0.15) is 12.0 Å². The average molecular weight is 429 g/mol. The molecule has 2 N–H and O–H groups in total. The van der Waals surface area contributed by atoms with E-state index in [9.17, 15) is 12.8 Å². The number of halogens is 2. The van der Waals surface area contributed by atoms with E-state index in [0.717, 1.165) is 5.56 Å². The molecule has 0 heterocycles. The fourth-order valence-corrected chi connectivity index (χ4v) is 2.26. The van der Waals surface area contributed by atoms with Gasteiger partial charge in [0.1, 0.15) is 15.7 Å². The van der Waals surface area contributed by atoms with Crippen molar-refractivity contribution in [3.05, 3.63) is 35.6 Å². The van der Waals surface area contributed by atoms with Gasteiger partial charge in [0.2, 0.25) is 0 Å². The molecule has 0 unspecified atom stereocenters. The summed E-state index contributed by atoms with van der Waals surface area (Å²) in [6.45, 7) is 0.958. The van der Waals surface area contributed by atoms with Crippen molar-refractivity contribution in [2.24, 2.45) is 4.99 Å². The molecule has 0 aromatic heterocycles. The van der Waals surface area contributed by atoms with Crippen molar-refractivity contribution in [1.29, 1.82) is 0 Å². The van der Waals surface area contributed by atoms with Gasteiger partial charge in [-0.05, 0) is 24.1 Å². The first-order chi connectivity index (χ1) is 9.40. The fraction of sp³-hybridized carbons (Fsp3) is 0.462. The van der Waals surface area contributed by atoms with Crippen LogP contribution in [-0.4, -0.2) is 40.0 Å². The van der Waals surface area contributed by atoms with E-state index >= 15 is 0 Å². The Labute approximate surface area is 142 Å². The van der Waals surface area contributed by atoms with Crippen molar-refractivity contribution in [2.45, 2.75) is 13.0 Å². The Morgan fingerprint density at radius 1 is 1.33 bits per heavy atom. The number of benzene rings is 1. The Morgan fingerprint density at radius 3 is 2.62 bits per heavy atom. The van der Waals surface area contributed by atoms with Crippen LogP contribution in [0.5, 0.6) is 0 Å². The van der Waals surface area contributed by atoms with E-state index in [2.05, 4.69) is 15.6 Å². The van der Waals surface area contributed by atoms with E-state index in [-0.39, 0.29) is 35.5 Å². The minimum absolute atomic E-state index is 0. The number of guanidine groups is 1. The van der Waals surface area contributed by atoms with E-state index in [1.807, 2.05) is 6.07 Å². The number of aliphatic imine (C=N–C) groups is 1.